The lowest BCUT2D eigenvalue weighted by Crippen LogP contribution is -2.44. The molecule has 1 aromatic rings. The molecule has 0 saturated heterocycles. The third-order valence-electron chi connectivity index (χ3n) is 3.65. The standard InChI is InChI=1S/C15H19BrN2O2/c1-3-17(4-2)15(20)10-18-13-7-6-12(16)9-11(13)5-8-14(18)19/h6-7,9H,3-5,8,10H2,1-2H3. The molecule has 5 heteroatoms. The summed E-state index contributed by atoms with van der Waals surface area (Å²) in [7, 11) is 0. The fourth-order valence-electron chi connectivity index (χ4n) is 2.51. The van der Waals surface area contributed by atoms with Crippen molar-refractivity contribution in [1.82, 2.24) is 4.90 Å². The van der Waals surface area contributed by atoms with Crippen molar-refractivity contribution in [3.8, 4) is 0 Å². The van der Waals surface area contributed by atoms with Crippen LogP contribution < -0.4 is 4.90 Å². The van der Waals surface area contributed by atoms with E-state index < -0.39 is 0 Å². The molecule has 1 aromatic carbocycles. The first-order valence-electron chi connectivity index (χ1n) is 6.93. The van der Waals surface area contributed by atoms with Gasteiger partial charge >= 0.3 is 0 Å². The van der Waals surface area contributed by atoms with E-state index in [1.165, 1.54) is 0 Å². The monoisotopic (exact) mass is 338 g/mol. The van der Waals surface area contributed by atoms with Crippen LogP contribution in [0.1, 0.15) is 25.8 Å². The van der Waals surface area contributed by atoms with Gasteiger partial charge < -0.3 is 9.80 Å². The van der Waals surface area contributed by atoms with Crippen LogP contribution in [0, 0.1) is 0 Å². The second kappa shape index (κ2) is 6.39. The lowest BCUT2D eigenvalue weighted by atomic mass is 10.0. The van der Waals surface area contributed by atoms with E-state index in [0.29, 0.717) is 19.5 Å². The van der Waals surface area contributed by atoms with E-state index >= 15 is 0 Å². The Bertz CT molecular complexity index is 527. The lowest BCUT2D eigenvalue weighted by molar-refractivity contribution is -0.131. The van der Waals surface area contributed by atoms with Crippen LogP contribution in [0.15, 0.2) is 22.7 Å². The van der Waals surface area contributed by atoms with Crippen LogP contribution in [0.4, 0.5) is 5.69 Å². The third kappa shape index (κ3) is 3.03. The number of amides is 2. The van der Waals surface area contributed by atoms with E-state index in [1.807, 2.05) is 32.0 Å². The summed E-state index contributed by atoms with van der Waals surface area (Å²) in [6.45, 7) is 5.37. The van der Waals surface area contributed by atoms with Crippen LogP contribution in [0.5, 0.6) is 0 Å². The normalized spacial score (nSPS) is 14.2. The Hall–Kier alpha value is -1.36. The van der Waals surface area contributed by atoms with Crippen molar-refractivity contribution in [2.24, 2.45) is 0 Å². The number of hydrogen-bond acceptors (Lipinski definition) is 2. The number of halogens is 1. The second-order valence-corrected chi connectivity index (χ2v) is 5.73. The zero-order valence-electron chi connectivity index (χ0n) is 11.9. The molecule has 1 aliphatic rings. The number of aryl methyl sites for hydroxylation is 1. The molecule has 0 radical (unpaired) electrons. The molecule has 0 aromatic heterocycles. The van der Waals surface area contributed by atoms with Crippen molar-refractivity contribution < 1.29 is 9.59 Å². The van der Waals surface area contributed by atoms with Gasteiger partial charge in [0.2, 0.25) is 11.8 Å². The summed E-state index contributed by atoms with van der Waals surface area (Å²) in [6, 6.07) is 5.84. The predicted molar refractivity (Wildman–Crippen MR) is 82.7 cm³/mol. The van der Waals surface area contributed by atoms with E-state index in [9.17, 15) is 9.59 Å². The Morgan fingerprint density at radius 3 is 2.65 bits per heavy atom. The van der Waals surface area contributed by atoms with E-state index in [0.717, 1.165) is 22.1 Å². The van der Waals surface area contributed by atoms with Gasteiger partial charge in [-0.15, -0.1) is 0 Å². The molecule has 0 spiro atoms. The lowest BCUT2D eigenvalue weighted by Gasteiger charge is -2.31. The summed E-state index contributed by atoms with van der Waals surface area (Å²) in [5, 5.41) is 0. The van der Waals surface area contributed by atoms with E-state index in [2.05, 4.69) is 15.9 Å². The van der Waals surface area contributed by atoms with Crippen molar-refractivity contribution in [1.29, 1.82) is 0 Å². The number of likely N-dealkylation sites (N-methyl/N-ethyl adjacent to an activating group) is 1. The summed E-state index contributed by atoms with van der Waals surface area (Å²) < 4.78 is 1.00. The first-order valence-corrected chi connectivity index (χ1v) is 7.72. The molecule has 1 heterocycles. The maximum absolute atomic E-state index is 12.2. The number of benzene rings is 1. The topological polar surface area (TPSA) is 40.6 Å². The fourth-order valence-corrected chi connectivity index (χ4v) is 2.92. The predicted octanol–water partition coefficient (Wildman–Crippen LogP) is 2.60. The molecule has 0 N–H and O–H groups in total. The molecular weight excluding hydrogens is 320 g/mol. The van der Waals surface area contributed by atoms with Crippen molar-refractivity contribution in [3.63, 3.8) is 0 Å². The SMILES string of the molecule is CCN(CC)C(=O)CN1C(=O)CCc2cc(Br)ccc21. The van der Waals surface area contributed by atoms with Crippen LogP contribution in [-0.2, 0) is 16.0 Å². The molecule has 2 rings (SSSR count). The fraction of sp³-hybridized carbons (Fsp3) is 0.467. The molecule has 2 amide bonds. The minimum atomic E-state index is -0.000816. The smallest absolute Gasteiger partial charge is 0.242 e. The van der Waals surface area contributed by atoms with Gasteiger partial charge in [0.15, 0.2) is 0 Å². The highest BCUT2D eigenvalue weighted by Crippen LogP contribution is 2.30. The van der Waals surface area contributed by atoms with Crippen molar-refractivity contribution in [2.45, 2.75) is 26.7 Å². The minimum Gasteiger partial charge on any atom is -0.342 e. The largest absolute Gasteiger partial charge is 0.342 e. The van der Waals surface area contributed by atoms with Crippen molar-refractivity contribution >= 4 is 33.4 Å². The number of hydrogen-bond donors (Lipinski definition) is 0. The van der Waals surface area contributed by atoms with Crippen LogP contribution in [0.25, 0.3) is 0 Å². The third-order valence-corrected chi connectivity index (χ3v) is 4.14. The van der Waals surface area contributed by atoms with Gasteiger partial charge in [0, 0.05) is 29.7 Å². The summed E-state index contributed by atoms with van der Waals surface area (Å²) in [4.78, 5) is 27.7. The average Bonchev–Trinajstić information content (AvgIpc) is 2.43. The van der Waals surface area contributed by atoms with Crippen LogP contribution in [0.2, 0.25) is 0 Å². The van der Waals surface area contributed by atoms with Crippen LogP contribution in [0.3, 0.4) is 0 Å². The summed E-state index contributed by atoms with van der Waals surface area (Å²) in [6.07, 6.45) is 1.21. The zero-order chi connectivity index (χ0) is 14.7. The maximum Gasteiger partial charge on any atom is 0.242 e. The van der Waals surface area contributed by atoms with Gasteiger partial charge in [-0.2, -0.15) is 0 Å². The molecule has 0 saturated carbocycles. The number of carbonyl (C=O) groups excluding carboxylic acids is 2. The highest BCUT2D eigenvalue weighted by molar-refractivity contribution is 9.10. The quantitative estimate of drug-likeness (QED) is 0.846. The number of anilines is 1. The average molecular weight is 339 g/mol. The number of carbonyl (C=O) groups is 2. The molecule has 108 valence electrons. The Kier molecular flexibility index (Phi) is 4.81. The van der Waals surface area contributed by atoms with Crippen LogP contribution >= 0.6 is 15.9 Å². The van der Waals surface area contributed by atoms with Crippen molar-refractivity contribution in [3.05, 3.63) is 28.2 Å². The molecule has 0 fully saturated rings. The maximum atomic E-state index is 12.2. The Balaban J connectivity index is 2.24. The van der Waals surface area contributed by atoms with Gasteiger partial charge in [0.25, 0.3) is 0 Å². The van der Waals surface area contributed by atoms with E-state index in [1.54, 1.807) is 9.80 Å². The number of nitrogens with zero attached hydrogens (tertiary/aromatic N) is 2. The first-order chi connectivity index (χ1) is 9.56. The van der Waals surface area contributed by atoms with E-state index in [4.69, 9.17) is 0 Å². The van der Waals surface area contributed by atoms with Gasteiger partial charge in [-0.3, -0.25) is 9.59 Å². The second-order valence-electron chi connectivity index (χ2n) is 4.82. The summed E-state index contributed by atoms with van der Waals surface area (Å²) >= 11 is 3.44. The minimum absolute atomic E-state index is 0.000816. The molecule has 1 aliphatic heterocycles. The highest BCUT2D eigenvalue weighted by Gasteiger charge is 2.27. The molecule has 0 unspecified atom stereocenters. The van der Waals surface area contributed by atoms with Crippen molar-refractivity contribution in [2.75, 3.05) is 24.5 Å². The van der Waals surface area contributed by atoms with Gasteiger partial charge in [-0.05, 0) is 44.0 Å². The Labute approximate surface area is 127 Å². The number of rotatable bonds is 4. The van der Waals surface area contributed by atoms with Gasteiger partial charge in [-0.25, -0.2) is 0 Å². The van der Waals surface area contributed by atoms with Gasteiger partial charge in [0.1, 0.15) is 6.54 Å². The first kappa shape index (κ1) is 15.0. The summed E-state index contributed by atoms with van der Waals surface area (Å²) in [5.74, 6) is 0.0273. The van der Waals surface area contributed by atoms with Gasteiger partial charge in [-0.1, -0.05) is 15.9 Å². The van der Waals surface area contributed by atoms with Gasteiger partial charge in [0.05, 0.1) is 0 Å². The van der Waals surface area contributed by atoms with E-state index in [-0.39, 0.29) is 18.4 Å². The Morgan fingerprint density at radius 1 is 1.30 bits per heavy atom. The molecule has 20 heavy (non-hydrogen) atoms. The molecule has 0 aliphatic carbocycles. The zero-order valence-corrected chi connectivity index (χ0v) is 13.4. The molecule has 0 bridgehead atoms. The Morgan fingerprint density at radius 2 is 2.00 bits per heavy atom. The highest BCUT2D eigenvalue weighted by atomic mass is 79.9. The molecular formula is C15H19BrN2O2. The molecule has 4 nitrogen and oxygen atoms in total. The number of fused-ring (bicyclic) bond motifs is 1. The molecule has 0 atom stereocenters. The summed E-state index contributed by atoms with van der Waals surface area (Å²) in [5.41, 5.74) is 1.98. The van der Waals surface area contributed by atoms with Crippen LogP contribution in [-0.4, -0.2) is 36.3 Å².